The van der Waals surface area contributed by atoms with Crippen molar-refractivity contribution < 1.29 is 4.79 Å². The lowest BCUT2D eigenvalue weighted by Crippen LogP contribution is -2.22. The predicted molar refractivity (Wildman–Crippen MR) is 157 cm³/mol. The molecule has 0 bridgehead atoms. The van der Waals surface area contributed by atoms with Gasteiger partial charge in [-0.1, -0.05) is 90.6 Å². The average Bonchev–Trinajstić information content (AvgIpc) is 3.00. The maximum Gasteiger partial charge on any atom is 0.251 e. The van der Waals surface area contributed by atoms with E-state index in [2.05, 4.69) is 58.6 Å². The maximum atomic E-state index is 12.6. The van der Waals surface area contributed by atoms with Gasteiger partial charge in [-0.3, -0.25) is 9.78 Å². The minimum atomic E-state index is -0.108. The Hall–Kier alpha value is -4.49. The van der Waals surface area contributed by atoms with Crippen LogP contribution in [0, 0.1) is 0 Å². The monoisotopic (exact) mass is 531 g/mol. The fourth-order valence-electron chi connectivity index (χ4n) is 4.06. The third kappa shape index (κ3) is 7.30. The molecule has 2 heterocycles. The van der Waals surface area contributed by atoms with Crippen LogP contribution in [0.3, 0.4) is 0 Å². The summed E-state index contributed by atoms with van der Waals surface area (Å²) in [5.41, 5.74) is 5.85. The highest BCUT2D eigenvalue weighted by atomic mass is 32.2. The van der Waals surface area contributed by atoms with Gasteiger partial charge in [0.1, 0.15) is 5.82 Å². The predicted octanol–water partition coefficient (Wildman–Crippen LogP) is 6.40. The van der Waals surface area contributed by atoms with Gasteiger partial charge >= 0.3 is 0 Å². The highest BCUT2D eigenvalue weighted by Gasteiger charge is 2.12. The fourth-order valence-corrected chi connectivity index (χ4v) is 4.86. The Morgan fingerprint density at radius 1 is 0.821 bits per heavy atom. The standard InChI is InChI=1S/C32H29N5OS/c1-37(22-24-9-4-2-5-10-24)30-19-29(27-12-6-3-7-13-27)35-32(36-30)39-23-25-14-16-28(17-15-25)31(38)34-21-26-11-8-18-33-20-26/h2-20H,21-23H2,1H3,(H,34,38). The normalized spacial score (nSPS) is 10.7. The lowest BCUT2D eigenvalue weighted by Gasteiger charge is -2.20. The molecule has 1 amide bonds. The number of nitrogens with zero attached hydrogens (tertiary/aromatic N) is 4. The number of carbonyl (C=O) groups is 1. The van der Waals surface area contributed by atoms with Crippen LogP contribution in [-0.2, 0) is 18.8 Å². The van der Waals surface area contributed by atoms with Gasteiger partial charge in [0.25, 0.3) is 5.91 Å². The second kappa shape index (κ2) is 12.8. The van der Waals surface area contributed by atoms with E-state index in [0.717, 1.165) is 34.7 Å². The molecule has 194 valence electrons. The summed E-state index contributed by atoms with van der Waals surface area (Å²) in [5, 5.41) is 3.65. The zero-order valence-electron chi connectivity index (χ0n) is 21.7. The molecule has 0 aliphatic carbocycles. The van der Waals surface area contributed by atoms with Crippen molar-refractivity contribution in [1.82, 2.24) is 20.3 Å². The number of benzene rings is 3. The van der Waals surface area contributed by atoms with Gasteiger partial charge in [0.2, 0.25) is 0 Å². The fraction of sp³-hybridized carbons (Fsp3) is 0.125. The van der Waals surface area contributed by atoms with Gasteiger partial charge in [-0.05, 0) is 34.9 Å². The van der Waals surface area contributed by atoms with Crippen molar-refractivity contribution in [2.24, 2.45) is 0 Å². The van der Waals surface area contributed by atoms with Crippen molar-refractivity contribution in [1.29, 1.82) is 0 Å². The molecule has 0 radical (unpaired) electrons. The molecule has 39 heavy (non-hydrogen) atoms. The number of amides is 1. The number of aromatic nitrogens is 3. The molecule has 7 heteroatoms. The third-order valence-corrected chi connectivity index (χ3v) is 7.09. The number of hydrogen-bond donors (Lipinski definition) is 1. The number of hydrogen-bond acceptors (Lipinski definition) is 6. The molecule has 1 N–H and O–H groups in total. The number of carbonyl (C=O) groups excluding carboxylic acids is 1. The molecule has 0 spiro atoms. The summed E-state index contributed by atoms with van der Waals surface area (Å²) in [7, 11) is 2.05. The smallest absolute Gasteiger partial charge is 0.251 e. The van der Waals surface area contributed by atoms with Crippen LogP contribution in [0.4, 0.5) is 5.82 Å². The maximum absolute atomic E-state index is 12.6. The zero-order valence-corrected chi connectivity index (χ0v) is 22.5. The van der Waals surface area contributed by atoms with Crippen LogP contribution in [0.2, 0.25) is 0 Å². The summed E-state index contributed by atoms with van der Waals surface area (Å²) < 4.78 is 0. The van der Waals surface area contributed by atoms with Gasteiger partial charge in [-0.15, -0.1) is 0 Å². The van der Waals surface area contributed by atoms with Gasteiger partial charge in [0.05, 0.1) is 5.69 Å². The van der Waals surface area contributed by atoms with E-state index in [1.165, 1.54) is 5.56 Å². The van der Waals surface area contributed by atoms with E-state index in [-0.39, 0.29) is 5.91 Å². The van der Waals surface area contributed by atoms with Gasteiger partial charge < -0.3 is 10.2 Å². The molecule has 5 rings (SSSR count). The highest BCUT2D eigenvalue weighted by Crippen LogP contribution is 2.27. The first kappa shape index (κ1) is 26.1. The lowest BCUT2D eigenvalue weighted by atomic mass is 10.1. The molecule has 6 nitrogen and oxygen atoms in total. The largest absolute Gasteiger partial charge is 0.355 e. The summed E-state index contributed by atoms with van der Waals surface area (Å²) in [4.78, 5) is 28.5. The summed E-state index contributed by atoms with van der Waals surface area (Å²) in [5.74, 6) is 1.45. The molecule has 3 aromatic carbocycles. The molecule has 0 aliphatic heterocycles. The third-order valence-electron chi connectivity index (χ3n) is 6.18. The van der Waals surface area contributed by atoms with E-state index in [1.807, 2.05) is 66.7 Å². The van der Waals surface area contributed by atoms with E-state index in [9.17, 15) is 4.79 Å². The van der Waals surface area contributed by atoms with Crippen LogP contribution < -0.4 is 10.2 Å². The number of anilines is 1. The van der Waals surface area contributed by atoms with E-state index in [1.54, 1.807) is 24.2 Å². The Morgan fingerprint density at radius 2 is 1.54 bits per heavy atom. The van der Waals surface area contributed by atoms with Crippen molar-refractivity contribution in [3.05, 3.63) is 138 Å². The SMILES string of the molecule is CN(Cc1ccccc1)c1cc(-c2ccccc2)nc(SCc2ccc(C(=O)NCc3cccnc3)cc2)n1. The van der Waals surface area contributed by atoms with Crippen molar-refractivity contribution >= 4 is 23.5 Å². The van der Waals surface area contributed by atoms with Gasteiger partial charge in [-0.25, -0.2) is 9.97 Å². The number of thioether (sulfide) groups is 1. The Morgan fingerprint density at radius 3 is 2.26 bits per heavy atom. The molecule has 0 fully saturated rings. The Bertz CT molecular complexity index is 1500. The second-order valence-corrected chi connectivity index (χ2v) is 10.1. The Labute approximate surface area is 233 Å². The number of rotatable bonds is 10. The molecular formula is C32H29N5OS. The first-order valence-electron chi connectivity index (χ1n) is 12.7. The van der Waals surface area contributed by atoms with Crippen LogP contribution in [0.15, 0.2) is 121 Å². The summed E-state index contributed by atoms with van der Waals surface area (Å²) in [6, 6.07) is 34.1. The molecule has 5 aromatic rings. The van der Waals surface area contributed by atoms with Gasteiger partial charge in [-0.2, -0.15) is 0 Å². The molecular weight excluding hydrogens is 502 g/mol. The quantitative estimate of drug-likeness (QED) is 0.166. The summed E-state index contributed by atoms with van der Waals surface area (Å²) in [6.07, 6.45) is 3.47. The number of nitrogens with one attached hydrogen (secondary N) is 1. The lowest BCUT2D eigenvalue weighted by molar-refractivity contribution is 0.0951. The first-order valence-corrected chi connectivity index (χ1v) is 13.7. The molecule has 0 saturated heterocycles. The molecule has 0 aliphatic rings. The molecule has 0 unspecified atom stereocenters. The van der Waals surface area contributed by atoms with E-state index in [0.29, 0.717) is 23.0 Å². The minimum Gasteiger partial charge on any atom is -0.355 e. The summed E-state index contributed by atoms with van der Waals surface area (Å²) >= 11 is 1.59. The minimum absolute atomic E-state index is 0.108. The topological polar surface area (TPSA) is 71.0 Å². The Kier molecular flexibility index (Phi) is 8.61. The van der Waals surface area contributed by atoms with Crippen molar-refractivity contribution in [2.75, 3.05) is 11.9 Å². The van der Waals surface area contributed by atoms with Crippen LogP contribution in [0.1, 0.15) is 27.0 Å². The van der Waals surface area contributed by atoms with Crippen LogP contribution in [0.25, 0.3) is 11.3 Å². The average molecular weight is 532 g/mol. The van der Waals surface area contributed by atoms with E-state index < -0.39 is 0 Å². The highest BCUT2D eigenvalue weighted by molar-refractivity contribution is 7.98. The van der Waals surface area contributed by atoms with Crippen molar-refractivity contribution in [3.8, 4) is 11.3 Å². The number of pyridine rings is 1. The van der Waals surface area contributed by atoms with E-state index in [4.69, 9.17) is 9.97 Å². The van der Waals surface area contributed by atoms with Crippen molar-refractivity contribution in [3.63, 3.8) is 0 Å². The molecule has 0 atom stereocenters. The second-order valence-electron chi connectivity index (χ2n) is 9.13. The van der Waals surface area contributed by atoms with Crippen molar-refractivity contribution in [2.45, 2.75) is 24.0 Å². The van der Waals surface area contributed by atoms with Crippen LogP contribution in [-0.4, -0.2) is 27.9 Å². The first-order chi connectivity index (χ1) is 19.1. The van der Waals surface area contributed by atoms with Gasteiger partial charge in [0, 0.05) is 55.5 Å². The molecule has 2 aromatic heterocycles. The zero-order chi connectivity index (χ0) is 26.9. The van der Waals surface area contributed by atoms with Gasteiger partial charge in [0.15, 0.2) is 5.16 Å². The Balaban J connectivity index is 1.27. The molecule has 0 saturated carbocycles. The van der Waals surface area contributed by atoms with E-state index >= 15 is 0 Å². The van der Waals surface area contributed by atoms with Crippen LogP contribution in [0.5, 0.6) is 0 Å². The summed E-state index contributed by atoms with van der Waals surface area (Å²) in [6.45, 7) is 1.20. The van der Waals surface area contributed by atoms with Crippen LogP contribution >= 0.6 is 11.8 Å².